The fraction of sp³-hybridized carbons (Fsp3) is 0.250. The summed E-state index contributed by atoms with van der Waals surface area (Å²) in [5.74, 6) is -0.590. The Bertz CT molecular complexity index is 1340. The maximum atomic E-state index is 14.1. The summed E-state index contributed by atoms with van der Waals surface area (Å²) in [7, 11) is 0. The first kappa shape index (κ1) is 22.0. The number of aromatic nitrogens is 1. The summed E-state index contributed by atoms with van der Waals surface area (Å²) in [5.41, 5.74) is 0.497. The molecule has 2 aliphatic rings. The van der Waals surface area contributed by atoms with E-state index in [-0.39, 0.29) is 23.5 Å². The van der Waals surface area contributed by atoms with E-state index in [1.54, 1.807) is 4.90 Å². The highest BCUT2D eigenvalue weighted by molar-refractivity contribution is 6.13. The van der Waals surface area contributed by atoms with Crippen LogP contribution in [0.4, 0.5) is 40.4 Å². The van der Waals surface area contributed by atoms with Crippen molar-refractivity contribution in [2.75, 3.05) is 28.3 Å². The van der Waals surface area contributed by atoms with Crippen molar-refractivity contribution in [3.8, 4) is 0 Å². The first-order valence-corrected chi connectivity index (χ1v) is 10.8. The van der Waals surface area contributed by atoms with Crippen LogP contribution in [-0.2, 0) is 12.6 Å². The average Bonchev–Trinajstić information content (AvgIpc) is 2.78. The molecular formula is C24H20F4N4O2. The fourth-order valence-electron chi connectivity index (χ4n) is 4.43. The zero-order valence-corrected chi connectivity index (χ0v) is 17.9. The molecule has 0 saturated carbocycles. The molecule has 1 aromatic heterocycles. The molecular weight excluding hydrogens is 452 g/mol. The van der Waals surface area contributed by atoms with Gasteiger partial charge in [0.25, 0.3) is 5.91 Å². The van der Waals surface area contributed by atoms with Crippen molar-refractivity contribution in [2.45, 2.75) is 25.4 Å². The van der Waals surface area contributed by atoms with Gasteiger partial charge in [-0.2, -0.15) is 13.2 Å². The van der Waals surface area contributed by atoms with Gasteiger partial charge < -0.3 is 15.2 Å². The lowest BCUT2D eigenvalue weighted by atomic mass is 10.00. The molecule has 0 unspecified atom stereocenters. The molecule has 34 heavy (non-hydrogen) atoms. The third kappa shape index (κ3) is 3.89. The minimum Gasteiger partial charge on any atom is -0.370 e. The summed E-state index contributed by atoms with van der Waals surface area (Å²) >= 11 is 0. The second kappa shape index (κ2) is 8.19. The zero-order valence-electron chi connectivity index (χ0n) is 17.9. The number of aryl methyl sites for hydroxylation is 1. The topological polar surface area (TPSA) is 68.4 Å². The number of aromatic amines is 1. The Morgan fingerprint density at radius 3 is 2.44 bits per heavy atom. The molecule has 3 heterocycles. The molecule has 10 heteroatoms. The van der Waals surface area contributed by atoms with E-state index in [4.69, 9.17) is 0 Å². The van der Waals surface area contributed by atoms with Gasteiger partial charge in [-0.15, -0.1) is 0 Å². The number of alkyl halides is 3. The lowest BCUT2D eigenvalue weighted by Gasteiger charge is -2.40. The highest BCUT2D eigenvalue weighted by atomic mass is 19.4. The molecule has 5 rings (SSSR count). The number of nitrogens with zero attached hydrogens (tertiary/aromatic N) is 2. The van der Waals surface area contributed by atoms with Crippen LogP contribution in [0.3, 0.4) is 0 Å². The Balaban J connectivity index is 1.75. The third-order valence-corrected chi connectivity index (χ3v) is 6.07. The predicted octanol–water partition coefficient (Wildman–Crippen LogP) is 5.04. The molecule has 1 amide bonds. The summed E-state index contributed by atoms with van der Waals surface area (Å²) in [6.45, 7) is 0.390. The molecule has 2 bridgehead atoms. The summed E-state index contributed by atoms with van der Waals surface area (Å²) in [6.07, 6.45) is -2.73. The number of hydrogen-bond acceptors (Lipinski definition) is 4. The van der Waals surface area contributed by atoms with E-state index in [0.29, 0.717) is 48.6 Å². The van der Waals surface area contributed by atoms with Gasteiger partial charge in [0, 0.05) is 18.3 Å². The van der Waals surface area contributed by atoms with Crippen LogP contribution >= 0.6 is 0 Å². The van der Waals surface area contributed by atoms with Crippen molar-refractivity contribution >= 4 is 28.8 Å². The van der Waals surface area contributed by atoms with Crippen molar-refractivity contribution in [3.05, 3.63) is 81.4 Å². The first-order valence-electron chi connectivity index (χ1n) is 10.8. The van der Waals surface area contributed by atoms with E-state index in [1.165, 1.54) is 35.2 Å². The van der Waals surface area contributed by atoms with Crippen LogP contribution < -0.4 is 20.7 Å². The Morgan fingerprint density at radius 1 is 0.853 bits per heavy atom. The van der Waals surface area contributed by atoms with Gasteiger partial charge in [-0.3, -0.25) is 14.5 Å². The Labute approximate surface area is 191 Å². The summed E-state index contributed by atoms with van der Waals surface area (Å²) in [5, 5.41) is 3.14. The van der Waals surface area contributed by atoms with Gasteiger partial charge in [0.2, 0.25) is 5.56 Å². The molecule has 2 N–H and O–H groups in total. The van der Waals surface area contributed by atoms with Crippen molar-refractivity contribution in [3.63, 3.8) is 0 Å². The maximum absolute atomic E-state index is 14.1. The normalized spacial score (nSPS) is 15.9. The van der Waals surface area contributed by atoms with Gasteiger partial charge in [0.1, 0.15) is 18.3 Å². The van der Waals surface area contributed by atoms with Gasteiger partial charge in [-0.1, -0.05) is 0 Å². The van der Waals surface area contributed by atoms with E-state index in [2.05, 4.69) is 10.3 Å². The molecule has 0 saturated heterocycles. The Morgan fingerprint density at radius 2 is 1.65 bits per heavy atom. The van der Waals surface area contributed by atoms with Crippen molar-refractivity contribution in [1.82, 2.24) is 4.98 Å². The van der Waals surface area contributed by atoms with Crippen molar-refractivity contribution in [1.29, 1.82) is 0 Å². The smallest absolute Gasteiger partial charge is 0.370 e. The van der Waals surface area contributed by atoms with E-state index < -0.39 is 23.5 Å². The first-order chi connectivity index (χ1) is 16.2. The molecule has 0 spiro atoms. The lowest BCUT2D eigenvalue weighted by molar-refractivity contribution is -0.137. The van der Waals surface area contributed by atoms with Gasteiger partial charge in [0.05, 0.1) is 22.5 Å². The monoisotopic (exact) mass is 472 g/mol. The van der Waals surface area contributed by atoms with Gasteiger partial charge in [-0.25, -0.2) is 4.39 Å². The summed E-state index contributed by atoms with van der Waals surface area (Å²) < 4.78 is 54.7. The molecule has 0 radical (unpaired) electrons. The van der Waals surface area contributed by atoms with Crippen LogP contribution in [0.2, 0.25) is 0 Å². The molecule has 0 fully saturated rings. The van der Waals surface area contributed by atoms with Crippen LogP contribution in [0.25, 0.3) is 0 Å². The fourth-order valence-corrected chi connectivity index (χ4v) is 4.43. The standard InChI is InChI=1S/C24H20F4N4O2/c25-16-5-7-18-14(11-16)3-1-2-10-29-22-19(8-9-21(33)30-22)32-13-31(18)20-12-15(24(26,27)28)4-6-17(20)23(32)34/h4-9,11-12H,1-3,10,13H2,(H2,29,30,33). The highest BCUT2D eigenvalue weighted by Gasteiger charge is 2.37. The highest BCUT2D eigenvalue weighted by Crippen LogP contribution is 2.42. The predicted molar refractivity (Wildman–Crippen MR) is 120 cm³/mol. The number of amides is 1. The molecule has 0 aliphatic carbocycles. The molecule has 0 atom stereocenters. The Kier molecular flexibility index (Phi) is 5.30. The number of H-pyrrole nitrogens is 1. The number of carbonyl (C=O) groups is 1. The minimum absolute atomic E-state index is 0.0729. The number of carbonyl (C=O) groups excluding carboxylic acids is 1. The van der Waals surface area contributed by atoms with Crippen LogP contribution in [0, 0.1) is 5.82 Å². The van der Waals surface area contributed by atoms with Gasteiger partial charge in [-0.05, 0) is 67.3 Å². The molecule has 2 aromatic carbocycles. The number of fused-ring (bicyclic) bond motifs is 8. The number of anilines is 4. The number of pyridine rings is 1. The van der Waals surface area contributed by atoms with Gasteiger partial charge >= 0.3 is 6.18 Å². The van der Waals surface area contributed by atoms with Crippen molar-refractivity contribution in [2.24, 2.45) is 0 Å². The zero-order chi connectivity index (χ0) is 24.0. The lowest BCUT2D eigenvalue weighted by Crippen LogP contribution is -2.46. The molecule has 3 aromatic rings. The molecule has 2 aliphatic heterocycles. The second-order valence-electron chi connectivity index (χ2n) is 8.27. The van der Waals surface area contributed by atoms with Crippen LogP contribution in [0.1, 0.15) is 34.3 Å². The number of benzene rings is 2. The van der Waals surface area contributed by atoms with E-state index in [9.17, 15) is 27.2 Å². The van der Waals surface area contributed by atoms with Crippen LogP contribution in [-0.4, -0.2) is 24.1 Å². The molecule has 6 nitrogen and oxygen atoms in total. The quantitative estimate of drug-likeness (QED) is 0.450. The third-order valence-electron chi connectivity index (χ3n) is 6.07. The van der Waals surface area contributed by atoms with E-state index in [0.717, 1.165) is 18.2 Å². The summed E-state index contributed by atoms with van der Waals surface area (Å²) in [6, 6.07) is 9.95. The van der Waals surface area contributed by atoms with Crippen molar-refractivity contribution < 1.29 is 22.4 Å². The van der Waals surface area contributed by atoms with Crippen LogP contribution in [0.15, 0.2) is 53.3 Å². The van der Waals surface area contributed by atoms with E-state index >= 15 is 0 Å². The number of halogens is 4. The van der Waals surface area contributed by atoms with Crippen LogP contribution in [0.5, 0.6) is 0 Å². The SMILES string of the molecule is O=C1c2ccc(C(F)(F)F)cc2N2CN1c1ccc(=O)[nH]c1NCCCCc1cc(F)ccc12. The second-order valence-corrected chi connectivity index (χ2v) is 8.27. The number of rotatable bonds is 0. The largest absolute Gasteiger partial charge is 0.416 e. The number of nitrogens with one attached hydrogen (secondary N) is 2. The average molecular weight is 472 g/mol. The number of hydrogen-bond donors (Lipinski definition) is 2. The maximum Gasteiger partial charge on any atom is 0.416 e. The molecule has 176 valence electrons. The van der Waals surface area contributed by atoms with E-state index in [1.807, 2.05) is 0 Å². The Hall–Kier alpha value is -3.82. The minimum atomic E-state index is -4.59. The van der Waals surface area contributed by atoms with Gasteiger partial charge in [0.15, 0.2) is 0 Å². The summed E-state index contributed by atoms with van der Waals surface area (Å²) in [4.78, 5) is 31.1.